The molecule has 1 N–H and O–H groups in total. The van der Waals surface area contributed by atoms with Gasteiger partial charge in [-0.05, 0) is 36.2 Å². The fourth-order valence-electron chi connectivity index (χ4n) is 2.97. The maximum Gasteiger partial charge on any atom is 0.229 e. The minimum atomic E-state index is -0.539. The lowest BCUT2D eigenvalue weighted by molar-refractivity contribution is -0.122. The fraction of sp³-hybridized carbons (Fsp3) is 0.263. The molecule has 1 unspecified atom stereocenters. The molecule has 1 atom stereocenters. The average molecular weight is 361 g/mol. The van der Waals surface area contributed by atoms with Gasteiger partial charge in [-0.1, -0.05) is 36.7 Å². The van der Waals surface area contributed by atoms with Crippen molar-refractivity contribution in [3.8, 4) is 0 Å². The number of carbonyl (C=O) groups is 2. The first-order valence-electron chi connectivity index (χ1n) is 8.13. The largest absolute Gasteiger partial charge is 0.326 e. The highest BCUT2D eigenvalue weighted by atomic mass is 35.5. The van der Waals surface area contributed by atoms with Gasteiger partial charge in [0.2, 0.25) is 11.8 Å². The monoisotopic (exact) mass is 360 g/mol. The standard InChI is InChI=1S/C19H18ClFN2O2/c1-2-12-5-3-4-6-17(12)22-19(25)13-9-18(24)23(11-13)14-7-8-16(21)15(20)10-14/h3-8,10,13H,2,9,11H2,1H3,(H,22,25). The molecule has 6 heteroatoms. The number of para-hydroxylation sites is 1. The molecule has 25 heavy (non-hydrogen) atoms. The molecule has 130 valence electrons. The van der Waals surface area contributed by atoms with E-state index >= 15 is 0 Å². The second kappa shape index (κ2) is 7.23. The summed E-state index contributed by atoms with van der Waals surface area (Å²) in [5.74, 6) is -1.36. The van der Waals surface area contributed by atoms with Crippen LogP contribution in [0.15, 0.2) is 42.5 Å². The zero-order valence-electron chi connectivity index (χ0n) is 13.8. The number of carbonyl (C=O) groups excluding carboxylic acids is 2. The number of nitrogens with one attached hydrogen (secondary N) is 1. The van der Waals surface area contributed by atoms with E-state index in [0.29, 0.717) is 5.69 Å². The molecule has 2 amide bonds. The molecule has 1 saturated heterocycles. The Morgan fingerprint density at radius 3 is 2.80 bits per heavy atom. The van der Waals surface area contributed by atoms with Gasteiger partial charge in [0.1, 0.15) is 5.82 Å². The number of rotatable bonds is 4. The van der Waals surface area contributed by atoms with Crippen LogP contribution < -0.4 is 10.2 Å². The van der Waals surface area contributed by atoms with Crippen LogP contribution in [0.2, 0.25) is 5.02 Å². The number of aryl methyl sites for hydroxylation is 1. The minimum Gasteiger partial charge on any atom is -0.326 e. The first-order valence-corrected chi connectivity index (χ1v) is 8.51. The zero-order chi connectivity index (χ0) is 18.0. The topological polar surface area (TPSA) is 49.4 Å². The van der Waals surface area contributed by atoms with E-state index < -0.39 is 11.7 Å². The summed E-state index contributed by atoms with van der Waals surface area (Å²) in [6, 6.07) is 11.7. The second-order valence-electron chi connectivity index (χ2n) is 6.00. The Balaban J connectivity index is 1.73. The highest BCUT2D eigenvalue weighted by Gasteiger charge is 2.35. The molecule has 0 bridgehead atoms. The predicted molar refractivity (Wildman–Crippen MR) is 96.3 cm³/mol. The third-order valence-corrected chi connectivity index (χ3v) is 4.66. The molecule has 3 rings (SSSR count). The maximum atomic E-state index is 13.3. The molecule has 1 heterocycles. The Morgan fingerprint density at radius 2 is 2.08 bits per heavy atom. The fourth-order valence-corrected chi connectivity index (χ4v) is 3.15. The second-order valence-corrected chi connectivity index (χ2v) is 6.41. The first kappa shape index (κ1) is 17.4. The van der Waals surface area contributed by atoms with Crippen molar-refractivity contribution in [2.45, 2.75) is 19.8 Å². The Bertz CT molecular complexity index is 825. The molecule has 4 nitrogen and oxygen atoms in total. The highest BCUT2D eigenvalue weighted by Crippen LogP contribution is 2.29. The van der Waals surface area contributed by atoms with Crippen LogP contribution in [-0.4, -0.2) is 18.4 Å². The van der Waals surface area contributed by atoms with Crippen LogP contribution >= 0.6 is 11.6 Å². The Labute approximate surface area is 150 Å². The predicted octanol–water partition coefficient (Wildman–Crippen LogP) is 4.03. The molecule has 0 saturated carbocycles. The molecule has 0 aliphatic carbocycles. The van der Waals surface area contributed by atoms with E-state index in [1.807, 2.05) is 31.2 Å². The minimum absolute atomic E-state index is 0.0462. The quantitative estimate of drug-likeness (QED) is 0.894. The summed E-state index contributed by atoms with van der Waals surface area (Å²) in [6.45, 7) is 2.27. The molecule has 2 aromatic carbocycles. The lowest BCUT2D eigenvalue weighted by atomic mass is 10.1. The average Bonchev–Trinajstić information content (AvgIpc) is 3.00. The number of amides is 2. The number of nitrogens with zero attached hydrogens (tertiary/aromatic N) is 1. The van der Waals surface area contributed by atoms with Gasteiger partial charge in [0.25, 0.3) is 0 Å². The Kier molecular flexibility index (Phi) is 5.04. The van der Waals surface area contributed by atoms with Gasteiger partial charge >= 0.3 is 0 Å². The van der Waals surface area contributed by atoms with Crippen molar-refractivity contribution in [3.05, 3.63) is 58.9 Å². The van der Waals surface area contributed by atoms with Gasteiger partial charge in [-0.25, -0.2) is 4.39 Å². The van der Waals surface area contributed by atoms with E-state index in [2.05, 4.69) is 5.32 Å². The third kappa shape index (κ3) is 3.66. The van der Waals surface area contributed by atoms with Crippen LogP contribution in [0.5, 0.6) is 0 Å². The van der Waals surface area contributed by atoms with Gasteiger partial charge < -0.3 is 10.2 Å². The van der Waals surface area contributed by atoms with E-state index in [0.717, 1.165) is 17.7 Å². The van der Waals surface area contributed by atoms with E-state index in [1.54, 1.807) is 0 Å². The molecule has 0 spiro atoms. The summed E-state index contributed by atoms with van der Waals surface area (Å²) in [5.41, 5.74) is 2.31. The molecule has 1 aliphatic rings. The van der Waals surface area contributed by atoms with Crippen LogP contribution in [0.4, 0.5) is 15.8 Å². The van der Waals surface area contributed by atoms with Crippen molar-refractivity contribution >= 4 is 34.8 Å². The normalized spacial score (nSPS) is 17.0. The molecule has 1 aliphatic heterocycles. The van der Waals surface area contributed by atoms with Crippen molar-refractivity contribution in [1.82, 2.24) is 0 Å². The Morgan fingerprint density at radius 1 is 1.32 bits per heavy atom. The summed E-state index contributed by atoms with van der Waals surface area (Å²) >= 11 is 5.79. The molecule has 0 radical (unpaired) electrons. The maximum absolute atomic E-state index is 13.3. The third-order valence-electron chi connectivity index (χ3n) is 4.37. The van der Waals surface area contributed by atoms with Gasteiger partial charge in [-0.15, -0.1) is 0 Å². The van der Waals surface area contributed by atoms with Crippen molar-refractivity contribution < 1.29 is 14.0 Å². The lowest BCUT2D eigenvalue weighted by Crippen LogP contribution is -2.28. The SMILES string of the molecule is CCc1ccccc1NC(=O)C1CC(=O)N(c2ccc(F)c(Cl)c2)C1. The summed E-state index contributed by atoms with van der Waals surface area (Å²) in [7, 11) is 0. The number of hydrogen-bond acceptors (Lipinski definition) is 2. The van der Waals surface area contributed by atoms with E-state index in [-0.39, 0.29) is 29.8 Å². The first-order chi connectivity index (χ1) is 12.0. The smallest absolute Gasteiger partial charge is 0.229 e. The van der Waals surface area contributed by atoms with Crippen LogP contribution in [0.3, 0.4) is 0 Å². The summed E-state index contributed by atoms with van der Waals surface area (Å²) in [4.78, 5) is 26.3. The zero-order valence-corrected chi connectivity index (χ0v) is 14.5. The summed E-state index contributed by atoms with van der Waals surface area (Å²) in [6.07, 6.45) is 0.926. The number of halogens is 2. The van der Waals surface area contributed by atoms with Gasteiger partial charge in [-0.3, -0.25) is 9.59 Å². The lowest BCUT2D eigenvalue weighted by Gasteiger charge is -2.17. The van der Waals surface area contributed by atoms with Crippen LogP contribution in [-0.2, 0) is 16.0 Å². The molecule has 2 aromatic rings. The van der Waals surface area contributed by atoms with Gasteiger partial charge in [0, 0.05) is 24.3 Å². The Hall–Kier alpha value is -2.40. The summed E-state index contributed by atoms with van der Waals surface area (Å²) in [5, 5.41) is 2.87. The number of hydrogen-bond donors (Lipinski definition) is 1. The van der Waals surface area contributed by atoms with Crippen LogP contribution in [0.25, 0.3) is 0 Å². The van der Waals surface area contributed by atoms with E-state index in [4.69, 9.17) is 11.6 Å². The van der Waals surface area contributed by atoms with E-state index in [1.165, 1.54) is 23.1 Å². The van der Waals surface area contributed by atoms with Crippen LogP contribution in [0, 0.1) is 11.7 Å². The van der Waals surface area contributed by atoms with Crippen molar-refractivity contribution in [2.75, 3.05) is 16.8 Å². The highest BCUT2D eigenvalue weighted by molar-refractivity contribution is 6.31. The van der Waals surface area contributed by atoms with Crippen LogP contribution in [0.1, 0.15) is 18.9 Å². The van der Waals surface area contributed by atoms with Gasteiger partial charge in [0.15, 0.2) is 0 Å². The molecular formula is C19H18ClFN2O2. The van der Waals surface area contributed by atoms with Gasteiger partial charge in [-0.2, -0.15) is 0 Å². The van der Waals surface area contributed by atoms with E-state index in [9.17, 15) is 14.0 Å². The van der Waals surface area contributed by atoms with Crippen molar-refractivity contribution in [1.29, 1.82) is 0 Å². The molecular weight excluding hydrogens is 343 g/mol. The van der Waals surface area contributed by atoms with Crippen molar-refractivity contribution in [2.24, 2.45) is 5.92 Å². The van der Waals surface area contributed by atoms with Gasteiger partial charge in [0.05, 0.1) is 10.9 Å². The number of benzene rings is 2. The van der Waals surface area contributed by atoms with Crippen molar-refractivity contribution in [3.63, 3.8) is 0 Å². The molecule has 0 aromatic heterocycles. The molecule has 1 fully saturated rings. The number of anilines is 2. The summed E-state index contributed by atoms with van der Waals surface area (Å²) < 4.78 is 13.3.